The van der Waals surface area contributed by atoms with E-state index in [0.29, 0.717) is 36.0 Å². The quantitative estimate of drug-likeness (QED) is 0.479. The summed E-state index contributed by atoms with van der Waals surface area (Å²) >= 11 is 0. The summed E-state index contributed by atoms with van der Waals surface area (Å²) in [6.45, 7) is 4.10. The van der Waals surface area contributed by atoms with Crippen molar-refractivity contribution in [1.82, 2.24) is 15.3 Å². The number of aromatic nitrogens is 2. The Hall–Kier alpha value is -4.06. The number of carbonyl (C=O) groups excluding carboxylic acids is 1. The number of fused-ring (bicyclic) bond motifs is 1. The lowest BCUT2D eigenvalue weighted by atomic mass is 9.92. The number of ether oxygens (including phenoxy) is 2. The van der Waals surface area contributed by atoms with Gasteiger partial charge in [-0.2, -0.15) is 5.26 Å². The van der Waals surface area contributed by atoms with E-state index in [1.54, 1.807) is 32.4 Å². The second kappa shape index (κ2) is 9.83. The molecule has 0 atom stereocenters. The van der Waals surface area contributed by atoms with Crippen molar-refractivity contribution in [1.29, 1.82) is 5.26 Å². The number of nitrogens with one attached hydrogen (secondary N) is 3. The minimum absolute atomic E-state index is 0.317. The van der Waals surface area contributed by atoms with Crippen LogP contribution in [-0.2, 0) is 0 Å². The average molecular weight is 435 g/mol. The Labute approximate surface area is 186 Å². The molecule has 0 aliphatic rings. The van der Waals surface area contributed by atoms with Gasteiger partial charge in [-0.3, -0.25) is 0 Å². The molecule has 0 spiro atoms. The molecule has 166 valence electrons. The molecule has 9 heteroatoms. The van der Waals surface area contributed by atoms with Gasteiger partial charge in [0.2, 0.25) is 0 Å². The molecule has 0 bridgehead atoms. The minimum atomic E-state index is -0.471. The number of hydrogen-bond donors (Lipinski definition) is 3. The van der Waals surface area contributed by atoms with E-state index in [2.05, 4.69) is 32.0 Å². The highest BCUT2D eigenvalue weighted by molar-refractivity contribution is 5.93. The van der Waals surface area contributed by atoms with Crippen molar-refractivity contribution in [3.05, 3.63) is 42.7 Å². The van der Waals surface area contributed by atoms with Gasteiger partial charge in [-0.25, -0.2) is 14.8 Å². The van der Waals surface area contributed by atoms with Gasteiger partial charge in [0.15, 0.2) is 11.5 Å². The monoisotopic (exact) mass is 434 g/mol. The smallest absolute Gasteiger partial charge is 0.319 e. The van der Waals surface area contributed by atoms with Gasteiger partial charge in [-0.15, -0.1) is 0 Å². The zero-order valence-corrected chi connectivity index (χ0v) is 18.5. The molecular weight excluding hydrogens is 408 g/mol. The van der Waals surface area contributed by atoms with E-state index in [4.69, 9.17) is 14.7 Å². The third kappa shape index (κ3) is 5.55. The maximum absolute atomic E-state index is 12.1. The first-order valence-electron chi connectivity index (χ1n) is 10.0. The maximum atomic E-state index is 12.1. The van der Waals surface area contributed by atoms with Crippen LogP contribution < -0.4 is 25.4 Å². The van der Waals surface area contributed by atoms with Crippen molar-refractivity contribution >= 4 is 34.1 Å². The number of benzene rings is 2. The van der Waals surface area contributed by atoms with Crippen LogP contribution in [0, 0.1) is 16.7 Å². The van der Waals surface area contributed by atoms with Crippen LogP contribution in [0.4, 0.5) is 22.0 Å². The van der Waals surface area contributed by atoms with Crippen molar-refractivity contribution in [2.75, 3.05) is 31.4 Å². The lowest BCUT2D eigenvalue weighted by Crippen LogP contribution is -2.31. The molecule has 3 rings (SSSR count). The van der Waals surface area contributed by atoms with Crippen LogP contribution in [0.1, 0.15) is 20.3 Å². The van der Waals surface area contributed by atoms with Gasteiger partial charge >= 0.3 is 6.03 Å². The standard InChI is InChI=1S/C23H26N6O3/c1-23(2,13-24)9-10-25-22(30)29-16-7-5-15(6-8-16)28-21-17-11-19(31-3)20(32-4)12-18(17)26-14-27-21/h5-8,11-12,14H,9-10H2,1-4H3,(H2,25,29,30)(H,26,27,28). The zero-order valence-electron chi connectivity index (χ0n) is 18.5. The van der Waals surface area contributed by atoms with Gasteiger partial charge in [0, 0.05) is 29.4 Å². The summed E-state index contributed by atoms with van der Waals surface area (Å²) in [5.41, 5.74) is 1.68. The third-order valence-corrected chi connectivity index (χ3v) is 4.88. The first kappa shape index (κ1) is 22.6. The van der Waals surface area contributed by atoms with Crippen LogP contribution in [0.3, 0.4) is 0 Å². The number of amides is 2. The van der Waals surface area contributed by atoms with Crippen molar-refractivity contribution in [3.8, 4) is 17.6 Å². The molecular formula is C23H26N6O3. The number of anilines is 3. The first-order valence-corrected chi connectivity index (χ1v) is 10.0. The summed E-state index contributed by atoms with van der Waals surface area (Å²) in [5, 5.41) is 18.6. The molecule has 0 aliphatic heterocycles. The maximum Gasteiger partial charge on any atom is 0.319 e. The van der Waals surface area contributed by atoms with Crippen LogP contribution in [0.15, 0.2) is 42.7 Å². The highest BCUT2D eigenvalue weighted by Crippen LogP contribution is 2.34. The second-order valence-corrected chi connectivity index (χ2v) is 7.78. The number of carbonyl (C=O) groups is 1. The SMILES string of the molecule is COc1cc2ncnc(Nc3ccc(NC(=O)NCCC(C)(C)C#N)cc3)c2cc1OC. The predicted molar refractivity (Wildman–Crippen MR) is 123 cm³/mol. The van der Waals surface area contributed by atoms with Gasteiger partial charge in [0.05, 0.1) is 31.2 Å². The predicted octanol–water partition coefficient (Wildman–Crippen LogP) is 4.45. The largest absolute Gasteiger partial charge is 0.493 e. The van der Waals surface area contributed by atoms with E-state index in [9.17, 15) is 4.79 Å². The van der Waals surface area contributed by atoms with Crippen molar-refractivity contribution < 1.29 is 14.3 Å². The Balaban J connectivity index is 1.66. The van der Waals surface area contributed by atoms with Gasteiger partial charge in [-0.05, 0) is 50.6 Å². The summed E-state index contributed by atoms with van der Waals surface area (Å²) in [4.78, 5) is 20.7. The molecule has 3 N–H and O–H groups in total. The number of urea groups is 1. The van der Waals surface area contributed by atoms with Crippen LogP contribution in [0.2, 0.25) is 0 Å². The third-order valence-electron chi connectivity index (χ3n) is 4.88. The Morgan fingerprint density at radius 2 is 1.72 bits per heavy atom. The highest BCUT2D eigenvalue weighted by atomic mass is 16.5. The van der Waals surface area contributed by atoms with Crippen LogP contribution in [0.5, 0.6) is 11.5 Å². The number of hydrogen-bond acceptors (Lipinski definition) is 7. The molecule has 1 heterocycles. The van der Waals surface area contributed by atoms with E-state index in [1.165, 1.54) is 6.33 Å². The molecule has 2 aromatic carbocycles. The molecule has 32 heavy (non-hydrogen) atoms. The average Bonchev–Trinajstić information content (AvgIpc) is 2.79. The number of methoxy groups -OCH3 is 2. The Kier molecular flexibility index (Phi) is 6.95. The summed E-state index contributed by atoms with van der Waals surface area (Å²) in [5.74, 6) is 1.80. The van der Waals surface area contributed by atoms with Crippen LogP contribution in [0.25, 0.3) is 10.9 Å². The van der Waals surface area contributed by atoms with E-state index in [0.717, 1.165) is 16.6 Å². The molecule has 3 aromatic rings. The van der Waals surface area contributed by atoms with Crippen LogP contribution in [-0.4, -0.2) is 36.8 Å². The zero-order chi connectivity index (χ0) is 23.1. The fourth-order valence-electron chi connectivity index (χ4n) is 2.98. The summed E-state index contributed by atoms with van der Waals surface area (Å²) in [6.07, 6.45) is 2.05. The lowest BCUT2D eigenvalue weighted by Gasteiger charge is -2.15. The van der Waals surface area contributed by atoms with Gasteiger partial charge in [0.25, 0.3) is 0 Å². The normalized spacial score (nSPS) is 10.8. The van der Waals surface area contributed by atoms with Crippen LogP contribution >= 0.6 is 0 Å². The number of nitriles is 1. The summed E-state index contributed by atoms with van der Waals surface area (Å²) in [7, 11) is 3.15. The van der Waals surface area contributed by atoms with E-state index in [1.807, 2.05) is 32.0 Å². The topological polar surface area (TPSA) is 121 Å². The summed E-state index contributed by atoms with van der Waals surface area (Å²) in [6, 6.07) is 12.8. The number of rotatable bonds is 8. The van der Waals surface area contributed by atoms with Crippen molar-refractivity contribution in [3.63, 3.8) is 0 Å². The molecule has 1 aromatic heterocycles. The Bertz CT molecular complexity index is 1140. The molecule has 2 amide bonds. The van der Waals surface area contributed by atoms with E-state index < -0.39 is 5.41 Å². The first-order chi connectivity index (χ1) is 15.3. The molecule has 0 radical (unpaired) electrons. The Morgan fingerprint density at radius 3 is 2.38 bits per heavy atom. The molecule has 9 nitrogen and oxygen atoms in total. The Morgan fingerprint density at radius 1 is 1.06 bits per heavy atom. The van der Waals surface area contributed by atoms with E-state index >= 15 is 0 Å². The van der Waals surface area contributed by atoms with Gasteiger partial charge in [-0.1, -0.05) is 0 Å². The lowest BCUT2D eigenvalue weighted by molar-refractivity contribution is 0.251. The molecule has 0 saturated carbocycles. The molecule has 0 fully saturated rings. The van der Waals surface area contributed by atoms with Crippen molar-refractivity contribution in [2.45, 2.75) is 20.3 Å². The van der Waals surface area contributed by atoms with Gasteiger partial charge < -0.3 is 25.4 Å². The fraction of sp³-hybridized carbons (Fsp3) is 0.304. The minimum Gasteiger partial charge on any atom is -0.493 e. The number of nitrogens with zero attached hydrogens (tertiary/aromatic N) is 3. The summed E-state index contributed by atoms with van der Waals surface area (Å²) < 4.78 is 10.7. The van der Waals surface area contributed by atoms with Crippen molar-refractivity contribution in [2.24, 2.45) is 5.41 Å². The molecule has 0 saturated heterocycles. The van der Waals surface area contributed by atoms with E-state index in [-0.39, 0.29) is 6.03 Å². The molecule has 0 unspecified atom stereocenters. The second-order valence-electron chi connectivity index (χ2n) is 7.78. The molecule has 0 aliphatic carbocycles. The fourth-order valence-corrected chi connectivity index (χ4v) is 2.98. The van der Waals surface area contributed by atoms with Gasteiger partial charge in [0.1, 0.15) is 12.1 Å². The highest BCUT2D eigenvalue weighted by Gasteiger charge is 2.16.